The molecule has 0 bridgehead atoms. The quantitative estimate of drug-likeness (QED) is 0.205. The Morgan fingerprint density at radius 1 is 0.725 bits per heavy atom. The minimum absolute atomic E-state index is 0.0163. The van der Waals surface area contributed by atoms with E-state index in [2.05, 4.69) is 15.0 Å². The smallest absolute Gasteiger partial charge is 0.320 e. The number of hydrogen-bond acceptors (Lipinski definition) is 12. The monoisotopic (exact) mass is 555 g/mol. The van der Waals surface area contributed by atoms with Crippen LogP contribution in [0, 0.1) is 0 Å². The van der Waals surface area contributed by atoms with Gasteiger partial charge in [-0.1, -0.05) is 0 Å². The average Bonchev–Trinajstić information content (AvgIpc) is 2.93. The van der Waals surface area contributed by atoms with Crippen molar-refractivity contribution in [2.24, 2.45) is 0 Å². The van der Waals surface area contributed by atoms with Crippen molar-refractivity contribution < 1.29 is 43.5 Å². The van der Waals surface area contributed by atoms with Crippen LogP contribution in [-0.2, 0) is 19.1 Å². The number of benzene rings is 2. The molecule has 3 rings (SSSR count). The number of carbonyl (C=O) groups excluding carboxylic acids is 2. The Morgan fingerprint density at radius 3 is 1.55 bits per heavy atom. The predicted molar refractivity (Wildman–Crippen MR) is 143 cm³/mol. The van der Waals surface area contributed by atoms with E-state index in [0.29, 0.717) is 48.7 Å². The highest BCUT2D eigenvalue weighted by Crippen LogP contribution is 2.35. The topological polar surface area (TPSA) is 159 Å². The van der Waals surface area contributed by atoms with E-state index in [1.54, 1.807) is 38.1 Å². The van der Waals surface area contributed by atoms with Gasteiger partial charge in [0.05, 0.1) is 44.7 Å². The molecule has 0 amide bonds. The van der Waals surface area contributed by atoms with Gasteiger partial charge in [-0.25, -0.2) is 4.98 Å². The second-order valence-electron chi connectivity index (χ2n) is 8.34. The molecule has 1 heterocycles. The first-order valence-corrected chi connectivity index (χ1v) is 12.9. The number of carbonyl (C=O) groups is 2. The second-order valence-corrected chi connectivity index (χ2v) is 8.34. The lowest BCUT2D eigenvalue weighted by molar-refractivity contribution is -0.144. The lowest BCUT2D eigenvalue weighted by Gasteiger charge is -2.12. The number of hydrogen-bond donors (Lipinski definition) is 2. The van der Waals surface area contributed by atoms with Gasteiger partial charge >= 0.3 is 17.9 Å². The van der Waals surface area contributed by atoms with Gasteiger partial charge in [0.1, 0.15) is 23.0 Å². The van der Waals surface area contributed by atoms with E-state index >= 15 is 0 Å². The third-order valence-corrected chi connectivity index (χ3v) is 5.42. The molecule has 0 atom stereocenters. The summed E-state index contributed by atoms with van der Waals surface area (Å²) in [5.41, 5.74) is 0.587. The highest BCUT2D eigenvalue weighted by atomic mass is 16.5. The summed E-state index contributed by atoms with van der Waals surface area (Å²) in [7, 11) is 1.39. The molecule has 1 aromatic heterocycles. The van der Waals surface area contributed by atoms with Crippen molar-refractivity contribution >= 4 is 11.9 Å². The van der Waals surface area contributed by atoms with E-state index in [1.165, 1.54) is 19.2 Å². The lowest BCUT2D eigenvalue weighted by Crippen LogP contribution is -2.06. The molecule has 40 heavy (non-hydrogen) atoms. The molecule has 0 aliphatic rings. The van der Waals surface area contributed by atoms with Gasteiger partial charge in [-0.3, -0.25) is 9.59 Å². The third kappa shape index (κ3) is 8.72. The largest absolute Gasteiger partial charge is 0.507 e. The molecule has 0 spiro atoms. The number of aromatic nitrogens is 3. The molecule has 0 saturated carbocycles. The molecule has 2 N–H and O–H groups in total. The summed E-state index contributed by atoms with van der Waals surface area (Å²) in [6, 6.07) is 9.27. The summed E-state index contributed by atoms with van der Waals surface area (Å²) in [6.07, 6.45) is 1.41. The predicted octanol–water partition coefficient (Wildman–Crippen LogP) is 4.07. The maximum atomic E-state index is 11.4. The molecule has 0 fully saturated rings. The molecule has 2 aromatic carbocycles. The van der Waals surface area contributed by atoms with Gasteiger partial charge in [0.25, 0.3) is 0 Å². The molecular weight excluding hydrogens is 522 g/mol. The average molecular weight is 556 g/mol. The number of phenols is 2. The summed E-state index contributed by atoms with van der Waals surface area (Å²) < 4.78 is 26.2. The zero-order valence-corrected chi connectivity index (χ0v) is 22.7. The van der Waals surface area contributed by atoms with E-state index < -0.39 is 0 Å². The maximum Gasteiger partial charge on any atom is 0.320 e. The number of rotatable bonds is 15. The molecular formula is C28H33N3O9. The van der Waals surface area contributed by atoms with Crippen molar-refractivity contribution in [1.29, 1.82) is 0 Å². The Labute approximate surface area is 231 Å². The van der Waals surface area contributed by atoms with E-state index in [4.69, 9.17) is 23.7 Å². The third-order valence-electron chi connectivity index (χ3n) is 5.42. The molecule has 12 nitrogen and oxygen atoms in total. The van der Waals surface area contributed by atoms with Crippen LogP contribution >= 0.6 is 0 Å². The van der Waals surface area contributed by atoms with Gasteiger partial charge in [0, 0.05) is 25.0 Å². The fourth-order valence-corrected chi connectivity index (χ4v) is 3.55. The van der Waals surface area contributed by atoms with Crippen LogP contribution < -0.4 is 14.2 Å². The van der Waals surface area contributed by atoms with Crippen LogP contribution in [0.3, 0.4) is 0 Å². The summed E-state index contributed by atoms with van der Waals surface area (Å²) in [5, 5.41) is 21.3. The zero-order chi connectivity index (χ0) is 28.9. The number of esters is 2. The fraction of sp³-hybridized carbons (Fsp3) is 0.393. The summed E-state index contributed by atoms with van der Waals surface area (Å²) in [4.78, 5) is 35.8. The fourth-order valence-electron chi connectivity index (χ4n) is 3.55. The van der Waals surface area contributed by atoms with Gasteiger partial charge in [0.15, 0.2) is 11.6 Å². The molecule has 3 aromatic rings. The number of ether oxygens (including phenoxy) is 5. The van der Waals surface area contributed by atoms with Crippen molar-refractivity contribution in [2.45, 2.75) is 39.5 Å². The van der Waals surface area contributed by atoms with E-state index in [1.807, 2.05) is 0 Å². The van der Waals surface area contributed by atoms with Gasteiger partial charge in [-0.2, -0.15) is 9.97 Å². The maximum absolute atomic E-state index is 11.4. The van der Waals surface area contributed by atoms with Crippen molar-refractivity contribution in [2.75, 3.05) is 33.5 Å². The number of nitrogens with zero attached hydrogens (tertiary/aromatic N) is 3. The van der Waals surface area contributed by atoms with Gasteiger partial charge in [-0.05, 0) is 51.0 Å². The van der Waals surface area contributed by atoms with E-state index in [9.17, 15) is 19.8 Å². The van der Waals surface area contributed by atoms with Crippen LogP contribution in [-0.4, -0.2) is 70.6 Å². The molecule has 214 valence electrons. The van der Waals surface area contributed by atoms with Crippen LogP contribution in [0.2, 0.25) is 0 Å². The first-order chi connectivity index (χ1) is 19.3. The molecule has 0 aliphatic carbocycles. The summed E-state index contributed by atoms with van der Waals surface area (Å²) >= 11 is 0. The minimum Gasteiger partial charge on any atom is -0.507 e. The molecule has 0 radical (unpaired) electrons. The number of phenolic OH excluding ortho intramolecular Hbond substituents is 2. The van der Waals surface area contributed by atoms with Crippen molar-refractivity contribution in [3.05, 3.63) is 36.4 Å². The Hall–Kier alpha value is -4.61. The highest BCUT2D eigenvalue weighted by Gasteiger charge is 2.17. The number of methoxy groups -OCH3 is 1. The van der Waals surface area contributed by atoms with Crippen LogP contribution in [0.25, 0.3) is 22.8 Å². The van der Waals surface area contributed by atoms with Crippen LogP contribution in [0.4, 0.5) is 0 Å². The van der Waals surface area contributed by atoms with Crippen molar-refractivity contribution in [3.8, 4) is 51.8 Å². The Kier molecular flexibility index (Phi) is 11.3. The normalized spacial score (nSPS) is 10.6. The first kappa shape index (κ1) is 29.9. The Morgan fingerprint density at radius 2 is 1.18 bits per heavy atom. The van der Waals surface area contributed by atoms with Gasteiger partial charge < -0.3 is 33.9 Å². The van der Waals surface area contributed by atoms with Gasteiger partial charge in [0.2, 0.25) is 0 Å². The second kappa shape index (κ2) is 15.1. The minimum atomic E-state index is -0.289. The van der Waals surface area contributed by atoms with Gasteiger partial charge in [-0.15, -0.1) is 0 Å². The van der Waals surface area contributed by atoms with Crippen LogP contribution in [0.1, 0.15) is 39.5 Å². The number of aromatic hydroxyl groups is 2. The summed E-state index contributed by atoms with van der Waals surface area (Å²) in [5.74, 6) is 0.185. The van der Waals surface area contributed by atoms with Crippen molar-refractivity contribution in [1.82, 2.24) is 15.0 Å². The molecule has 0 saturated heterocycles. The molecule has 0 unspecified atom stereocenters. The molecule has 12 heteroatoms. The lowest BCUT2D eigenvalue weighted by atomic mass is 10.1. The summed E-state index contributed by atoms with van der Waals surface area (Å²) in [6.45, 7) is 4.70. The van der Waals surface area contributed by atoms with E-state index in [0.717, 1.165) is 0 Å². The zero-order valence-electron chi connectivity index (χ0n) is 22.7. The van der Waals surface area contributed by atoms with Crippen molar-refractivity contribution in [3.63, 3.8) is 0 Å². The first-order valence-electron chi connectivity index (χ1n) is 12.9. The standard InChI is InChI=1S/C28H33N3O9/c1-4-37-24(34)8-6-14-39-18-10-12-20(22(32)16-18)26-29-27(31-28(30-26)36-3)21-13-11-19(17-23(21)33)40-15-7-9-25(35)38-5-2/h10-13,16-17,32-33H,4-9,14-15H2,1-3H3. The van der Waals surface area contributed by atoms with Crippen LogP contribution in [0.5, 0.6) is 29.0 Å². The highest BCUT2D eigenvalue weighted by molar-refractivity contribution is 5.71. The van der Waals surface area contributed by atoms with E-state index in [-0.39, 0.29) is 67.2 Å². The van der Waals surface area contributed by atoms with Crippen LogP contribution in [0.15, 0.2) is 36.4 Å². The molecule has 0 aliphatic heterocycles. The Balaban J connectivity index is 1.71. The Bertz CT molecular complexity index is 1210. The SMILES string of the molecule is CCOC(=O)CCCOc1ccc(-c2nc(OC)nc(-c3ccc(OCCCC(=O)OCC)cc3O)n2)c(O)c1.